The number of fused-ring (bicyclic) bond motifs is 1. The quantitative estimate of drug-likeness (QED) is 0.474. The van der Waals surface area contributed by atoms with Crippen LogP contribution in [0.25, 0.3) is 22.2 Å². The van der Waals surface area contributed by atoms with Crippen molar-refractivity contribution in [3.63, 3.8) is 0 Å². The molecule has 0 spiro atoms. The summed E-state index contributed by atoms with van der Waals surface area (Å²) < 4.78 is 0. The van der Waals surface area contributed by atoms with E-state index in [0.29, 0.717) is 11.4 Å². The lowest BCUT2D eigenvalue weighted by molar-refractivity contribution is 0.178. The molecule has 4 rings (SSSR count). The highest BCUT2D eigenvalue weighted by molar-refractivity contribution is 6.31. The van der Waals surface area contributed by atoms with Crippen molar-refractivity contribution in [2.75, 3.05) is 0 Å². The van der Waals surface area contributed by atoms with E-state index in [1.165, 1.54) is 0 Å². The van der Waals surface area contributed by atoms with Crippen LogP contribution in [0.4, 0.5) is 0 Å². The van der Waals surface area contributed by atoms with Crippen molar-refractivity contribution < 1.29 is 5.11 Å². The summed E-state index contributed by atoms with van der Waals surface area (Å²) >= 11 is 6.51. The molecule has 0 amide bonds. The molecule has 0 aliphatic rings. The van der Waals surface area contributed by atoms with Crippen molar-refractivity contribution in [3.8, 4) is 11.1 Å². The number of aliphatic hydroxyl groups is 1. The molecule has 4 heteroatoms. The first-order chi connectivity index (χ1) is 13.0. The van der Waals surface area contributed by atoms with Gasteiger partial charge >= 0.3 is 0 Å². The van der Waals surface area contributed by atoms with E-state index >= 15 is 0 Å². The van der Waals surface area contributed by atoms with Gasteiger partial charge in [0.15, 0.2) is 0 Å². The monoisotopic (exact) mass is 376 g/mol. The molecule has 0 bridgehead atoms. The Kier molecular flexibility index (Phi) is 4.73. The molecule has 0 saturated heterocycles. The Bertz CT molecular complexity index is 1100. The summed E-state index contributed by atoms with van der Waals surface area (Å²) in [6.45, 7) is 3.95. The van der Waals surface area contributed by atoms with Crippen LogP contribution in [0.15, 0.2) is 60.7 Å². The molecule has 0 aliphatic heterocycles. The third kappa shape index (κ3) is 3.61. The van der Waals surface area contributed by atoms with Gasteiger partial charge in [-0.15, -0.1) is 0 Å². The minimum Gasteiger partial charge on any atom is -0.388 e. The van der Waals surface area contributed by atoms with E-state index in [1.54, 1.807) is 0 Å². The van der Waals surface area contributed by atoms with E-state index < -0.39 is 6.10 Å². The van der Waals surface area contributed by atoms with Crippen LogP contribution in [0.1, 0.15) is 28.6 Å². The molecule has 1 aromatic heterocycles. The molecule has 3 nitrogen and oxygen atoms in total. The molecule has 1 heterocycles. The number of nitrogens with zero attached hydrogens (tertiary/aromatic N) is 1. The number of rotatable bonds is 4. The van der Waals surface area contributed by atoms with Gasteiger partial charge in [-0.05, 0) is 53.8 Å². The summed E-state index contributed by atoms with van der Waals surface area (Å²) in [6.07, 6.45) is -0.164. The second-order valence-corrected chi connectivity index (χ2v) is 7.36. The lowest BCUT2D eigenvalue weighted by Gasteiger charge is -2.14. The van der Waals surface area contributed by atoms with Gasteiger partial charge in [0.2, 0.25) is 0 Å². The highest BCUT2D eigenvalue weighted by Crippen LogP contribution is 2.30. The fourth-order valence-corrected chi connectivity index (χ4v) is 3.74. The van der Waals surface area contributed by atoms with Crippen LogP contribution in [-0.2, 0) is 6.42 Å². The average molecular weight is 377 g/mol. The first kappa shape index (κ1) is 17.8. The van der Waals surface area contributed by atoms with Gasteiger partial charge in [0.25, 0.3) is 0 Å². The molecule has 2 N–H and O–H groups in total. The van der Waals surface area contributed by atoms with Crippen molar-refractivity contribution in [3.05, 3.63) is 88.2 Å². The third-order valence-corrected chi connectivity index (χ3v) is 5.23. The van der Waals surface area contributed by atoms with Crippen molar-refractivity contribution in [2.45, 2.75) is 26.4 Å². The Morgan fingerprint density at radius 2 is 1.78 bits per heavy atom. The number of hydrogen-bond donors (Lipinski definition) is 2. The van der Waals surface area contributed by atoms with E-state index in [1.807, 2.05) is 56.3 Å². The van der Waals surface area contributed by atoms with Gasteiger partial charge in [-0.3, -0.25) is 0 Å². The zero-order valence-corrected chi connectivity index (χ0v) is 16.1. The van der Waals surface area contributed by atoms with Crippen molar-refractivity contribution in [2.24, 2.45) is 0 Å². The number of imidazole rings is 1. The van der Waals surface area contributed by atoms with Gasteiger partial charge in [0.1, 0.15) is 5.82 Å². The molecule has 3 aromatic carbocycles. The first-order valence-corrected chi connectivity index (χ1v) is 9.38. The predicted octanol–water partition coefficient (Wildman–Crippen LogP) is 5.78. The lowest BCUT2D eigenvalue weighted by atomic mass is 9.97. The van der Waals surface area contributed by atoms with Gasteiger partial charge in [-0.1, -0.05) is 60.1 Å². The molecular formula is C23H21ClN2O. The fourth-order valence-electron chi connectivity index (χ4n) is 3.48. The average Bonchev–Trinajstić information content (AvgIpc) is 3.05. The summed E-state index contributed by atoms with van der Waals surface area (Å²) in [4.78, 5) is 7.74. The minimum absolute atomic E-state index is 0.464. The summed E-state index contributed by atoms with van der Waals surface area (Å²) in [5, 5.41) is 11.5. The molecule has 0 radical (unpaired) electrons. The summed E-state index contributed by atoms with van der Waals surface area (Å²) in [5.74, 6) is 0.874. The van der Waals surface area contributed by atoms with E-state index in [9.17, 15) is 5.11 Å². The maximum absolute atomic E-state index is 10.8. The van der Waals surface area contributed by atoms with Crippen LogP contribution in [0.3, 0.4) is 0 Å². The predicted molar refractivity (Wildman–Crippen MR) is 111 cm³/mol. The van der Waals surface area contributed by atoms with Crippen molar-refractivity contribution >= 4 is 22.6 Å². The molecule has 1 unspecified atom stereocenters. The van der Waals surface area contributed by atoms with E-state index in [0.717, 1.165) is 44.7 Å². The zero-order chi connectivity index (χ0) is 19.0. The Morgan fingerprint density at radius 1 is 1.00 bits per heavy atom. The minimum atomic E-state index is -0.628. The van der Waals surface area contributed by atoms with E-state index in [4.69, 9.17) is 11.6 Å². The third-order valence-electron chi connectivity index (χ3n) is 4.88. The second-order valence-electron chi connectivity index (χ2n) is 6.95. The number of aromatic nitrogens is 2. The number of nitrogens with one attached hydrogen (secondary N) is 1. The van der Waals surface area contributed by atoms with Crippen LogP contribution >= 0.6 is 11.6 Å². The number of aryl methyl sites for hydroxylation is 2. The molecule has 0 aliphatic carbocycles. The van der Waals surface area contributed by atoms with Gasteiger partial charge in [0.05, 0.1) is 17.1 Å². The van der Waals surface area contributed by atoms with Crippen molar-refractivity contribution in [1.82, 2.24) is 9.97 Å². The standard InChI is InChI=1S/C23H21ClN2O/c1-14-10-19(12-21-23(14)26-15(2)25-21)22(27)13-18-9-8-17(11-20(18)24)16-6-4-3-5-7-16/h3-12,22,27H,13H2,1-2H3,(H,25,26). The Balaban J connectivity index is 1.60. The largest absolute Gasteiger partial charge is 0.388 e. The summed E-state index contributed by atoms with van der Waals surface area (Å²) in [7, 11) is 0. The lowest BCUT2D eigenvalue weighted by Crippen LogP contribution is -2.03. The van der Waals surface area contributed by atoms with Crippen LogP contribution < -0.4 is 0 Å². The zero-order valence-electron chi connectivity index (χ0n) is 15.3. The van der Waals surface area contributed by atoms with E-state index in [2.05, 4.69) is 28.2 Å². The normalized spacial score (nSPS) is 12.4. The number of aliphatic hydroxyl groups excluding tert-OH is 1. The Labute approximate surface area is 163 Å². The van der Waals surface area contributed by atoms with Crippen molar-refractivity contribution in [1.29, 1.82) is 0 Å². The Morgan fingerprint density at radius 3 is 2.52 bits per heavy atom. The molecular weight excluding hydrogens is 356 g/mol. The van der Waals surface area contributed by atoms with E-state index in [-0.39, 0.29) is 0 Å². The van der Waals surface area contributed by atoms with Gasteiger partial charge in [-0.25, -0.2) is 4.98 Å². The first-order valence-electron chi connectivity index (χ1n) is 9.00. The van der Waals surface area contributed by atoms with Gasteiger partial charge in [-0.2, -0.15) is 0 Å². The van der Waals surface area contributed by atoms with Crippen LogP contribution in [0.2, 0.25) is 5.02 Å². The maximum Gasteiger partial charge on any atom is 0.104 e. The second kappa shape index (κ2) is 7.18. The van der Waals surface area contributed by atoms with Gasteiger partial charge in [0, 0.05) is 11.4 Å². The molecule has 1 atom stereocenters. The highest BCUT2D eigenvalue weighted by Gasteiger charge is 2.15. The smallest absolute Gasteiger partial charge is 0.104 e. The topological polar surface area (TPSA) is 48.9 Å². The Hall–Kier alpha value is -2.62. The summed E-state index contributed by atoms with van der Waals surface area (Å²) in [5.41, 5.74) is 6.96. The highest BCUT2D eigenvalue weighted by atomic mass is 35.5. The number of halogens is 1. The molecule has 136 valence electrons. The summed E-state index contributed by atoms with van der Waals surface area (Å²) in [6, 6.07) is 20.1. The SMILES string of the molecule is Cc1nc2c(C)cc(C(O)Cc3ccc(-c4ccccc4)cc3Cl)cc2[nH]1. The number of aromatic amines is 1. The van der Waals surface area contributed by atoms with Crippen LogP contribution in [0, 0.1) is 13.8 Å². The van der Waals surface area contributed by atoms with Crippen LogP contribution in [0.5, 0.6) is 0 Å². The van der Waals surface area contributed by atoms with Crippen LogP contribution in [-0.4, -0.2) is 15.1 Å². The number of benzene rings is 3. The molecule has 0 saturated carbocycles. The maximum atomic E-state index is 10.8. The molecule has 4 aromatic rings. The molecule has 27 heavy (non-hydrogen) atoms. The number of H-pyrrole nitrogens is 1. The molecule has 0 fully saturated rings. The fraction of sp³-hybridized carbons (Fsp3) is 0.174. The van der Waals surface area contributed by atoms with Gasteiger partial charge < -0.3 is 10.1 Å². The number of hydrogen-bond acceptors (Lipinski definition) is 2.